The zero-order chi connectivity index (χ0) is 10.8. The Bertz CT molecular complexity index is 319. The van der Waals surface area contributed by atoms with Crippen LogP contribution in [0.4, 0.5) is 5.95 Å². The fourth-order valence-corrected chi connectivity index (χ4v) is 1.44. The van der Waals surface area contributed by atoms with E-state index in [1.54, 1.807) is 0 Å². The number of hydrogen-bond donors (Lipinski definition) is 1. The van der Waals surface area contributed by atoms with Gasteiger partial charge in [-0.3, -0.25) is 0 Å². The van der Waals surface area contributed by atoms with Crippen LogP contribution < -0.4 is 5.73 Å². The van der Waals surface area contributed by atoms with E-state index < -0.39 is 0 Å². The Hall–Kier alpha value is -0.840. The number of aromatic nitrogens is 3. The molecule has 14 heavy (non-hydrogen) atoms. The first-order valence-corrected chi connectivity index (χ1v) is 5.67. The molecule has 0 spiro atoms. The summed E-state index contributed by atoms with van der Waals surface area (Å²) in [6, 6.07) is 0. The normalized spacial score (nSPS) is 11.7. The Kier molecular flexibility index (Phi) is 3.31. The van der Waals surface area contributed by atoms with Gasteiger partial charge in [0.1, 0.15) is 5.82 Å². The lowest BCUT2D eigenvalue weighted by atomic mass is 9.92. The van der Waals surface area contributed by atoms with Crippen molar-refractivity contribution >= 4 is 17.7 Å². The molecule has 4 nitrogen and oxygen atoms in total. The molecule has 0 aromatic carbocycles. The number of nitrogen functional groups attached to an aromatic ring is 1. The van der Waals surface area contributed by atoms with Gasteiger partial charge < -0.3 is 5.73 Å². The quantitative estimate of drug-likeness (QED) is 0.757. The van der Waals surface area contributed by atoms with Crippen molar-refractivity contribution in [2.24, 2.45) is 5.41 Å². The van der Waals surface area contributed by atoms with Gasteiger partial charge in [-0.1, -0.05) is 32.5 Å². The van der Waals surface area contributed by atoms with Crippen LogP contribution in [0.5, 0.6) is 0 Å². The van der Waals surface area contributed by atoms with Crippen LogP contribution in [0.25, 0.3) is 0 Å². The van der Waals surface area contributed by atoms with Gasteiger partial charge in [-0.15, -0.1) is 0 Å². The van der Waals surface area contributed by atoms with Crippen LogP contribution in [0.15, 0.2) is 5.16 Å². The fraction of sp³-hybridized carbons (Fsp3) is 0.667. The molecule has 1 aromatic rings. The molecule has 0 radical (unpaired) electrons. The summed E-state index contributed by atoms with van der Waals surface area (Å²) in [6.45, 7) is 6.43. The van der Waals surface area contributed by atoms with Crippen LogP contribution in [0, 0.1) is 5.41 Å². The van der Waals surface area contributed by atoms with E-state index in [0.29, 0.717) is 11.1 Å². The third kappa shape index (κ3) is 3.49. The van der Waals surface area contributed by atoms with Crippen molar-refractivity contribution in [2.45, 2.75) is 32.3 Å². The van der Waals surface area contributed by atoms with Crippen LogP contribution in [-0.2, 0) is 6.42 Å². The Morgan fingerprint density at radius 2 is 1.86 bits per heavy atom. The highest BCUT2D eigenvalue weighted by Gasteiger charge is 2.14. The highest BCUT2D eigenvalue weighted by Crippen LogP contribution is 2.19. The van der Waals surface area contributed by atoms with E-state index in [4.69, 9.17) is 5.73 Å². The summed E-state index contributed by atoms with van der Waals surface area (Å²) in [5, 5.41) is 0.691. The second-order valence-electron chi connectivity index (χ2n) is 4.33. The first kappa shape index (κ1) is 11.2. The van der Waals surface area contributed by atoms with Crippen molar-refractivity contribution in [3.63, 3.8) is 0 Å². The number of thioether (sulfide) groups is 1. The monoisotopic (exact) mass is 212 g/mol. The van der Waals surface area contributed by atoms with Crippen LogP contribution in [0.3, 0.4) is 0 Å². The largest absolute Gasteiger partial charge is 0.368 e. The molecule has 78 valence electrons. The molecule has 0 aliphatic heterocycles. The molecule has 1 aromatic heterocycles. The number of nitrogens with two attached hydrogens (primary N) is 1. The van der Waals surface area contributed by atoms with Crippen molar-refractivity contribution in [3.05, 3.63) is 5.82 Å². The average molecular weight is 212 g/mol. The van der Waals surface area contributed by atoms with Gasteiger partial charge in [-0.2, -0.15) is 9.97 Å². The third-order valence-electron chi connectivity index (χ3n) is 1.55. The van der Waals surface area contributed by atoms with Gasteiger partial charge in [0, 0.05) is 6.42 Å². The average Bonchev–Trinajstić information content (AvgIpc) is 1.99. The predicted molar refractivity (Wildman–Crippen MR) is 59.2 cm³/mol. The molecule has 0 atom stereocenters. The van der Waals surface area contributed by atoms with Crippen LogP contribution in [0.2, 0.25) is 0 Å². The summed E-state index contributed by atoms with van der Waals surface area (Å²) >= 11 is 1.48. The second kappa shape index (κ2) is 4.13. The maximum Gasteiger partial charge on any atom is 0.224 e. The molecule has 5 heteroatoms. The van der Waals surface area contributed by atoms with Crippen molar-refractivity contribution in [1.82, 2.24) is 15.0 Å². The van der Waals surface area contributed by atoms with Crippen molar-refractivity contribution in [2.75, 3.05) is 12.0 Å². The summed E-state index contributed by atoms with van der Waals surface area (Å²) in [5.74, 6) is 1.08. The second-order valence-corrected chi connectivity index (χ2v) is 5.11. The van der Waals surface area contributed by atoms with Gasteiger partial charge in [0.2, 0.25) is 5.95 Å². The molecule has 0 unspecified atom stereocenters. The summed E-state index contributed by atoms with van der Waals surface area (Å²) in [7, 11) is 0. The minimum atomic E-state index is 0.170. The zero-order valence-electron chi connectivity index (χ0n) is 9.03. The number of hydrogen-bond acceptors (Lipinski definition) is 5. The zero-order valence-corrected chi connectivity index (χ0v) is 9.85. The Morgan fingerprint density at radius 3 is 2.36 bits per heavy atom. The first-order chi connectivity index (χ1) is 6.40. The van der Waals surface area contributed by atoms with E-state index in [9.17, 15) is 0 Å². The molecule has 0 aliphatic carbocycles. The summed E-state index contributed by atoms with van der Waals surface area (Å²) in [4.78, 5) is 12.4. The number of anilines is 1. The molecule has 1 heterocycles. The first-order valence-electron chi connectivity index (χ1n) is 4.45. The van der Waals surface area contributed by atoms with E-state index in [-0.39, 0.29) is 5.41 Å². The predicted octanol–water partition coefficient (Wildman–Crippen LogP) is 1.76. The Labute approximate surface area is 88.7 Å². The van der Waals surface area contributed by atoms with Gasteiger partial charge in [0.05, 0.1) is 0 Å². The molecule has 0 saturated carbocycles. The third-order valence-corrected chi connectivity index (χ3v) is 2.10. The lowest BCUT2D eigenvalue weighted by molar-refractivity contribution is 0.398. The summed E-state index contributed by atoms with van der Waals surface area (Å²) < 4.78 is 0. The molecule has 0 aliphatic rings. The maximum atomic E-state index is 5.58. The Balaban J connectivity index is 2.92. The summed E-state index contributed by atoms with van der Waals surface area (Å²) in [6.07, 6.45) is 2.74. The van der Waals surface area contributed by atoms with E-state index in [1.165, 1.54) is 11.8 Å². The van der Waals surface area contributed by atoms with Gasteiger partial charge >= 0.3 is 0 Å². The molecule has 0 saturated heterocycles. The minimum absolute atomic E-state index is 0.170. The van der Waals surface area contributed by atoms with Crippen molar-refractivity contribution < 1.29 is 0 Å². The molecule has 1 rings (SSSR count). The van der Waals surface area contributed by atoms with Gasteiger partial charge in [-0.05, 0) is 11.7 Å². The van der Waals surface area contributed by atoms with Crippen LogP contribution in [0.1, 0.15) is 26.6 Å². The highest BCUT2D eigenvalue weighted by atomic mass is 32.2. The van der Waals surface area contributed by atoms with E-state index >= 15 is 0 Å². The Morgan fingerprint density at radius 1 is 1.21 bits per heavy atom. The van der Waals surface area contributed by atoms with Gasteiger partial charge in [0.15, 0.2) is 5.16 Å². The molecular formula is C9H16N4S. The fourth-order valence-electron chi connectivity index (χ4n) is 1.06. The van der Waals surface area contributed by atoms with Crippen molar-refractivity contribution in [3.8, 4) is 0 Å². The maximum absolute atomic E-state index is 5.58. The topological polar surface area (TPSA) is 64.7 Å². The standard InChI is InChI=1S/C9H16N4S/c1-9(2,3)5-6-11-7(10)13-8(12-6)14-4/h5H2,1-4H3,(H2,10,11,12,13). The number of rotatable bonds is 2. The molecule has 0 bridgehead atoms. The molecular weight excluding hydrogens is 196 g/mol. The molecule has 0 fully saturated rings. The van der Waals surface area contributed by atoms with E-state index in [1.807, 2.05) is 6.26 Å². The summed E-state index contributed by atoms with van der Waals surface area (Å²) in [5.41, 5.74) is 5.75. The van der Waals surface area contributed by atoms with Crippen LogP contribution >= 0.6 is 11.8 Å². The minimum Gasteiger partial charge on any atom is -0.368 e. The molecule has 2 N–H and O–H groups in total. The SMILES string of the molecule is CSc1nc(N)nc(CC(C)(C)C)n1. The highest BCUT2D eigenvalue weighted by molar-refractivity contribution is 7.98. The van der Waals surface area contributed by atoms with Gasteiger partial charge in [-0.25, -0.2) is 4.98 Å². The number of nitrogens with zero attached hydrogens (tertiary/aromatic N) is 3. The van der Waals surface area contributed by atoms with E-state index in [2.05, 4.69) is 35.7 Å². The van der Waals surface area contributed by atoms with E-state index in [0.717, 1.165) is 12.2 Å². The van der Waals surface area contributed by atoms with Gasteiger partial charge in [0.25, 0.3) is 0 Å². The van der Waals surface area contributed by atoms with Crippen molar-refractivity contribution in [1.29, 1.82) is 0 Å². The smallest absolute Gasteiger partial charge is 0.224 e. The molecule has 0 amide bonds. The lowest BCUT2D eigenvalue weighted by Crippen LogP contribution is -2.14. The van der Waals surface area contributed by atoms with Crippen LogP contribution in [-0.4, -0.2) is 21.2 Å². The lowest BCUT2D eigenvalue weighted by Gasteiger charge is -2.16.